The number of fused-ring (bicyclic) bond motifs is 3. The highest BCUT2D eigenvalue weighted by Gasteiger charge is 2.34. The Hall–Kier alpha value is -3.68. The molecular weight excluding hydrogens is 436 g/mol. The van der Waals surface area contributed by atoms with Gasteiger partial charge in [-0.2, -0.15) is 0 Å². The van der Waals surface area contributed by atoms with E-state index in [4.69, 9.17) is 9.57 Å². The van der Waals surface area contributed by atoms with Crippen LogP contribution in [0.2, 0.25) is 0 Å². The van der Waals surface area contributed by atoms with E-state index in [1.165, 1.54) is 11.1 Å². The Morgan fingerprint density at radius 2 is 1.56 bits per heavy atom. The van der Waals surface area contributed by atoms with Crippen LogP contribution in [0.1, 0.15) is 56.1 Å². The second kappa shape index (κ2) is 10.5. The van der Waals surface area contributed by atoms with Crippen molar-refractivity contribution in [2.75, 3.05) is 13.2 Å². The minimum atomic E-state index is -0.604. The van der Waals surface area contributed by atoms with Crippen LogP contribution in [0.4, 0.5) is 4.79 Å². The minimum Gasteiger partial charge on any atom is -0.449 e. The smallest absolute Gasteiger partial charge is 0.407 e. The summed E-state index contributed by atoms with van der Waals surface area (Å²) in [5.41, 5.74) is 4.68. The first kappa shape index (κ1) is 23.5. The van der Waals surface area contributed by atoms with Gasteiger partial charge in [0.15, 0.2) is 0 Å². The van der Waals surface area contributed by atoms with E-state index < -0.39 is 29.8 Å². The number of hydroxylamine groups is 2. The predicted molar refractivity (Wildman–Crippen MR) is 123 cm³/mol. The van der Waals surface area contributed by atoms with Gasteiger partial charge in [0.1, 0.15) is 6.61 Å². The molecule has 2 aliphatic rings. The molecule has 1 heterocycles. The molecule has 0 saturated carbocycles. The van der Waals surface area contributed by atoms with E-state index in [0.717, 1.165) is 11.1 Å². The Kier molecular flexibility index (Phi) is 7.25. The van der Waals surface area contributed by atoms with Crippen LogP contribution >= 0.6 is 0 Å². The Morgan fingerprint density at radius 3 is 2.18 bits per heavy atom. The van der Waals surface area contributed by atoms with Gasteiger partial charge in [-0.25, -0.2) is 9.59 Å². The normalized spacial score (nSPS) is 15.6. The highest BCUT2D eigenvalue weighted by molar-refractivity contribution is 6.01. The van der Waals surface area contributed by atoms with Crippen LogP contribution < -0.4 is 5.32 Å². The number of rotatable bonds is 9. The lowest BCUT2D eigenvalue weighted by molar-refractivity contribution is -0.200. The van der Waals surface area contributed by atoms with Gasteiger partial charge >= 0.3 is 12.1 Å². The lowest BCUT2D eigenvalue weighted by Crippen LogP contribution is -2.34. The highest BCUT2D eigenvalue weighted by Crippen LogP contribution is 2.44. The number of ether oxygens (including phenoxy) is 1. The number of unbranched alkanes of at least 4 members (excludes halogenated alkanes) is 1. The van der Waals surface area contributed by atoms with Gasteiger partial charge in [0.25, 0.3) is 11.8 Å². The zero-order valence-electron chi connectivity index (χ0n) is 19.1. The number of amides is 3. The molecule has 0 unspecified atom stereocenters. The van der Waals surface area contributed by atoms with Crippen molar-refractivity contribution in [2.24, 2.45) is 5.92 Å². The summed E-state index contributed by atoms with van der Waals surface area (Å²) >= 11 is 0. The summed E-state index contributed by atoms with van der Waals surface area (Å²) in [5.74, 6) is -2.03. The molecule has 1 N–H and O–H groups in total. The fraction of sp³-hybridized carbons (Fsp3) is 0.385. The first-order valence-electron chi connectivity index (χ1n) is 11.6. The number of alkyl carbamates (subject to hydrolysis) is 1. The van der Waals surface area contributed by atoms with Gasteiger partial charge in [-0.05, 0) is 35.1 Å². The highest BCUT2D eigenvalue weighted by atomic mass is 16.7. The number of imide groups is 1. The Labute approximate surface area is 198 Å². The van der Waals surface area contributed by atoms with E-state index in [1.54, 1.807) is 6.92 Å². The first-order valence-corrected chi connectivity index (χ1v) is 11.6. The van der Waals surface area contributed by atoms with Gasteiger partial charge in [0.2, 0.25) is 0 Å². The van der Waals surface area contributed by atoms with Crippen LogP contribution in [0.3, 0.4) is 0 Å². The molecular formula is C26H28N2O6. The van der Waals surface area contributed by atoms with Crippen LogP contribution in [-0.2, 0) is 24.0 Å². The van der Waals surface area contributed by atoms with Gasteiger partial charge in [0, 0.05) is 25.3 Å². The maximum absolute atomic E-state index is 12.2. The van der Waals surface area contributed by atoms with Gasteiger partial charge in [-0.15, -0.1) is 5.06 Å². The molecule has 8 nitrogen and oxygen atoms in total. The first-order chi connectivity index (χ1) is 16.5. The van der Waals surface area contributed by atoms with E-state index in [0.29, 0.717) is 30.9 Å². The maximum atomic E-state index is 12.2. The monoisotopic (exact) mass is 464 g/mol. The number of benzene rings is 2. The van der Waals surface area contributed by atoms with Crippen LogP contribution in [0.15, 0.2) is 48.5 Å². The van der Waals surface area contributed by atoms with Gasteiger partial charge in [0.05, 0.1) is 5.92 Å². The van der Waals surface area contributed by atoms with Crippen LogP contribution in [-0.4, -0.2) is 42.1 Å². The summed E-state index contributed by atoms with van der Waals surface area (Å²) in [6.45, 7) is 2.37. The number of carbonyl (C=O) groups is 4. The number of hydrogen-bond donors (Lipinski definition) is 1. The molecule has 34 heavy (non-hydrogen) atoms. The van der Waals surface area contributed by atoms with E-state index in [-0.39, 0.29) is 25.4 Å². The molecule has 3 amide bonds. The standard InChI is InChI=1S/C26H28N2O6/c1-17(25(31)34-28-23(29)13-14-24(28)30)8-6-7-15-27-26(32)33-16-22-20-11-4-2-9-18(20)19-10-3-5-12-21(19)22/h2-5,9-12,17,22H,6-8,13-16H2,1H3,(H,27,32)/t17-/m1/s1. The van der Waals surface area contributed by atoms with E-state index in [1.807, 2.05) is 24.3 Å². The molecule has 1 aliphatic heterocycles. The van der Waals surface area contributed by atoms with Crippen molar-refractivity contribution >= 4 is 23.9 Å². The van der Waals surface area contributed by atoms with Crippen LogP contribution in [0.5, 0.6) is 0 Å². The molecule has 1 aliphatic carbocycles. The largest absolute Gasteiger partial charge is 0.449 e. The number of carbonyl (C=O) groups excluding carboxylic acids is 4. The van der Waals surface area contributed by atoms with Crippen LogP contribution in [0.25, 0.3) is 11.1 Å². The lowest BCUT2D eigenvalue weighted by Gasteiger charge is -2.16. The molecule has 1 atom stereocenters. The zero-order valence-corrected chi connectivity index (χ0v) is 19.1. The van der Waals surface area contributed by atoms with Crippen molar-refractivity contribution in [2.45, 2.75) is 44.9 Å². The van der Waals surface area contributed by atoms with Crippen molar-refractivity contribution < 1.29 is 28.8 Å². The third kappa shape index (κ3) is 5.11. The quantitative estimate of drug-likeness (QED) is 0.446. The van der Waals surface area contributed by atoms with Crippen molar-refractivity contribution in [1.82, 2.24) is 10.4 Å². The molecule has 0 aromatic heterocycles. The van der Waals surface area contributed by atoms with Crippen molar-refractivity contribution in [3.8, 4) is 11.1 Å². The summed E-state index contributed by atoms with van der Waals surface area (Å²) in [7, 11) is 0. The van der Waals surface area contributed by atoms with Crippen LogP contribution in [0, 0.1) is 5.92 Å². The molecule has 178 valence electrons. The average Bonchev–Trinajstić information content (AvgIpc) is 3.34. The molecule has 2 aromatic carbocycles. The van der Waals surface area contributed by atoms with Crippen molar-refractivity contribution in [3.05, 3.63) is 59.7 Å². The third-order valence-corrected chi connectivity index (χ3v) is 6.27. The Morgan fingerprint density at radius 1 is 0.971 bits per heavy atom. The lowest BCUT2D eigenvalue weighted by atomic mass is 9.98. The predicted octanol–water partition coefficient (Wildman–Crippen LogP) is 3.94. The fourth-order valence-electron chi connectivity index (χ4n) is 4.37. The van der Waals surface area contributed by atoms with E-state index >= 15 is 0 Å². The number of nitrogens with zero attached hydrogens (tertiary/aromatic N) is 1. The summed E-state index contributed by atoms with van der Waals surface area (Å²) in [4.78, 5) is 52.3. The third-order valence-electron chi connectivity index (χ3n) is 6.27. The number of hydrogen-bond acceptors (Lipinski definition) is 6. The Balaban J connectivity index is 1.16. The second-order valence-electron chi connectivity index (χ2n) is 8.64. The van der Waals surface area contributed by atoms with Gasteiger partial charge in [-0.3, -0.25) is 9.59 Å². The van der Waals surface area contributed by atoms with Crippen molar-refractivity contribution in [1.29, 1.82) is 0 Å². The molecule has 2 aromatic rings. The summed E-state index contributed by atoms with van der Waals surface area (Å²) in [6.07, 6.45) is 1.51. The summed E-state index contributed by atoms with van der Waals surface area (Å²) < 4.78 is 5.51. The summed E-state index contributed by atoms with van der Waals surface area (Å²) in [6, 6.07) is 16.3. The molecule has 1 fully saturated rings. The minimum absolute atomic E-state index is 0.0133. The van der Waals surface area contributed by atoms with E-state index in [9.17, 15) is 19.2 Å². The zero-order chi connectivity index (χ0) is 24.1. The maximum Gasteiger partial charge on any atom is 0.407 e. The molecule has 0 bridgehead atoms. The molecule has 4 rings (SSSR count). The topological polar surface area (TPSA) is 102 Å². The second-order valence-corrected chi connectivity index (χ2v) is 8.64. The number of nitrogens with one attached hydrogen (secondary N) is 1. The molecule has 0 spiro atoms. The SMILES string of the molecule is C[C@H](CCCCNC(=O)OCC1c2ccccc2-c2ccccc21)C(=O)ON1C(=O)CCC1=O. The van der Waals surface area contributed by atoms with Gasteiger partial charge < -0.3 is 14.9 Å². The molecule has 1 saturated heterocycles. The van der Waals surface area contributed by atoms with E-state index in [2.05, 4.69) is 29.6 Å². The van der Waals surface area contributed by atoms with Crippen molar-refractivity contribution in [3.63, 3.8) is 0 Å². The molecule has 8 heteroatoms. The fourth-order valence-corrected chi connectivity index (χ4v) is 4.37. The molecule has 0 radical (unpaired) electrons. The Bertz CT molecular complexity index is 1040. The van der Waals surface area contributed by atoms with Gasteiger partial charge in [-0.1, -0.05) is 61.9 Å². The average molecular weight is 465 g/mol. The summed E-state index contributed by atoms with van der Waals surface area (Å²) in [5, 5.41) is 3.32.